The monoisotopic (exact) mass is 264 g/mol. The van der Waals surface area contributed by atoms with Crippen LogP contribution in [0.15, 0.2) is 45.8 Å². The van der Waals surface area contributed by atoms with Gasteiger partial charge < -0.3 is 0 Å². The van der Waals surface area contributed by atoms with E-state index in [1.807, 2.05) is 31.2 Å². The number of rotatable bonds is 1. The summed E-state index contributed by atoms with van der Waals surface area (Å²) in [5.41, 5.74) is 1.67. The molecule has 0 radical (unpaired) electrons. The largest absolute Gasteiger partial charge is 0.288 e. The van der Waals surface area contributed by atoms with E-state index >= 15 is 0 Å². The fraction of sp³-hybridized carbons (Fsp3) is 0.0909. The van der Waals surface area contributed by atoms with Gasteiger partial charge in [-0.25, -0.2) is 4.68 Å². The van der Waals surface area contributed by atoms with Gasteiger partial charge in [0.1, 0.15) is 0 Å². The van der Waals surface area contributed by atoms with Crippen LogP contribution in [-0.4, -0.2) is 9.78 Å². The highest BCUT2D eigenvalue weighted by molar-refractivity contribution is 9.10. The topological polar surface area (TPSA) is 34.9 Å². The Labute approximate surface area is 95.5 Å². The summed E-state index contributed by atoms with van der Waals surface area (Å²) in [7, 11) is 0. The lowest BCUT2D eigenvalue weighted by Crippen LogP contribution is -2.11. The SMILES string of the molecule is Cc1cc(=O)cnn1-c1ccccc1Br. The molecule has 76 valence electrons. The normalized spacial score (nSPS) is 10.3. The third kappa shape index (κ3) is 1.99. The third-order valence-electron chi connectivity index (χ3n) is 2.07. The summed E-state index contributed by atoms with van der Waals surface area (Å²) >= 11 is 3.45. The molecule has 3 nitrogen and oxygen atoms in total. The molecule has 0 aliphatic carbocycles. The fourth-order valence-electron chi connectivity index (χ4n) is 1.39. The van der Waals surface area contributed by atoms with Crippen LogP contribution in [0.2, 0.25) is 0 Å². The standard InChI is InChI=1S/C11H9BrN2O/c1-8-6-9(15)7-13-14(8)11-5-3-2-4-10(11)12/h2-7H,1H3. The van der Waals surface area contributed by atoms with Crippen molar-refractivity contribution >= 4 is 15.9 Å². The number of hydrogen-bond donors (Lipinski definition) is 0. The predicted octanol–water partition coefficient (Wildman–Crippen LogP) is 2.30. The summed E-state index contributed by atoms with van der Waals surface area (Å²) in [5, 5.41) is 4.08. The van der Waals surface area contributed by atoms with E-state index in [0.29, 0.717) is 0 Å². The molecule has 2 aromatic rings. The number of halogens is 1. The second kappa shape index (κ2) is 3.98. The van der Waals surface area contributed by atoms with Gasteiger partial charge in [-0.2, -0.15) is 5.10 Å². The molecule has 0 unspecified atom stereocenters. The van der Waals surface area contributed by atoms with E-state index in [-0.39, 0.29) is 5.43 Å². The minimum atomic E-state index is -0.0733. The van der Waals surface area contributed by atoms with Gasteiger partial charge >= 0.3 is 0 Å². The first-order chi connectivity index (χ1) is 7.18. The van der Waals surface area contributed by atoms with Crippen LogP contribution in [0, 0.1) is 6.92 Å². The first-order valence-electron chi connectivity index (χ1n) is 4.49. The van der Waals surface area contributed by atoms with Crippen molar-refractivity contribution in [3.05, 3.63) is 56.9 Å². The Morgan fingerprint density at radius 1 is 1.33 bits per heavy atom. The van der Waals surface area contributed by atoms with Gasteiger partial charge in [0.15, 0.2) is 5.43 Å². The fourth-order valence-corrected chi connectivity index (χ4v) is 1.84. The van der Waals surface area contributed by atoms with Crippen molar-refractivity contribution in [3.63, 3.8) is 0 Å². The van der Waals surface area contributed by atoms with Crippen LogP contribution in [0.1, 0.15) is 5.69 Å². The molecule has 15 heavy (non-hydrogen) atoms. The first kappa shape index (κ1) is 10.1. The van der Waals surface area contributed by atoms with Gasteiger partial charge in [0.05, 0.1) is 11.9 Å². The summed E-state index contributed by atoms with van der Waals surface area (Å²) in [6.07, 6.45) is 1.31. The lowest BCUT2D eigenvalue weighted by Gasteiger charge is -2.09. The van der Waals surface area contributed by atoms with Crippen LogP contribution < -0.4 is 5.43 Å². The first-order valence-corrected chi connectivity index (χ1v) is 5.28. The van der Waals surface area contributed by atoms with Crippen LogP contribution >= 0.6 is 15.9 Å². The minimum absolute atomic E-state index is 0.0733. The maximum atomic E-state index is 11.1. The molecule has 1 heterocycles. The Bertz CT molecular complexity index is 548. The molecule has 0 aliphatic rings. The highest BCUT2D eigenvalue weighted by Crippen LogP contribution is 2.19. The molecule has 2 rings (SSSR count). The number of hydrogen-bond acceptors (Lipinski definition) is 2. The van der Waals surface area contributed by atoms with Gasteiger partial charge in [0.25, 0.3) is 0 Å². The van der Waals surface area contributed by atoms with E-state index in [4.69, 9.17) is 0 Å². The van der Waals surface area contributed by atoms with E-state index < -0.39 is 0 Å². The third-order valence-corrected chi connectivity index (χ3v) is 2.74. The molecule has 0 bridgehead atoms. The van der Waals surface area contributed by atoms with E-state index in [0.717, 1.165) is 15.9 Å². The van der Waals surface area contributed by atoms with E-state index in [9.17, 15) is 4.79 Å². The van der Waals surface area contributed by atoms with Gasteiger partial charge in [0.2, 0.25) is 0 Å². The molecule has 1 aromatic carbocycles. The van der Waals surface area contributed by atoms with Crippen LogP contribution in [0.3, 0.4) is 0 Å². The molecule has 0 saturated carbocycles. The van der Waals surface area contributed by atoms with Crippen LogP contribution in [0.5, 0.6) is 0 Å². The average Bonchev–Trinajstić information content (AvgIpc) is 2.20. The molecule has 0 saturated heterocycles. The number of aromatic nitrogens is 2. The molecular formula is C11H9BrN2O. The Morgan fingerprint density at radius 2 is 2.07 bits per heavy atom. The lowest BCUT2D eigenvalue weighted by atomic mass is 10.3. The van der Waals surface area contributed by atoms with Crippen LogP contribution in [0.25, 0.3) is 5.69 Å². The Hall–Kier alpha value is -1.42. The van der Waals surface area contributed by atoms with Gasteiger partial charge in [-0.05, 0) is 35.0 Å². The highest BCUT2D eigenvalue weighted by Gasteiger charge is 2.03. The molecular weight excluding hydrogens is 256 g/mol. The quantitative estimate of drug-likeness (QED) is 0.793. The van der Waals surface area contributed by atoms with Crippen molar-refractivity contribution in [2.45, 2.75) is 6.92 Å². The van der Waals surface area contributed by atoms with E-state index in [2.05, 4.69) is 21.0 Å². The summed E-state index contributed by atoms with van der Waals surface area (Å²) in [6, 6.07) is 9.31. The zero-order valence-electron chi connectivity index (χ0n) is 8.14. The van der Waals surface area contributed by atoms with Gasteiger partial charge in [-0.1, -0.05) is 12.1 Å². The molecule has 1 aromatic heterocycles. The number of benzene rings is 1. The Kier molecular flexibility index (Phi) is 2.68. The molecule has 0 atom stereocenters. The Morgan fingerprint density at radius 3 is 2.73 bits per heavy atom. The number of para-hydroxylation sites is 1. The van der Waals surface area contributed by atoms with Gasteiger partial charge in [0, 0.05) is 16.2 Å². The molecule has 4 heteroatoms. The summed E-state index contributed by atoms with van der Waals surface area (Å²) in [4.78, 5) is 11.1. The second-order valence-electron chi connectivity index (χ2n) is 3.20. The zero-order valence-corrected chi connectivity index (χ0v) is 9.73. The molecule has 0 aliphatic heterocycles. The van der Waals surface area contributed by atoms with Crippen molar-refractivity contribution in [1.82, 2.24) is 9.78 Å². The van der Waals surface area contributed by atoms with Crippen molar-refractivity contribution < 1.29 is 0 Å². The summed E-state index contributed by atoms with van der Waals surface area (Å²) in [5.74, 6) is 0. The molecule has 0 fully saturated rings. The Balaban J connectivity index is 2.65. The van der Waals surface area contributed by atoms with Gasteiger partial charge in [-0.15, -0.1) is 0 Å². The molecule has 0 N–H and O–H groups in total. The van der Waals surface area contributed by atoms with E-state index in [1.54, 1.807) is 10.7 Å². The van der Waals surface area contributed by atoms with Gasteiger partial charge in [-0.3, -0.25) is 4.79 Å². The maximum Gasteiger partial charge on any atom is 0.200 e. The van der Waals surface area contributed by atoms with Crippen molar-refractivity contribution in [3.8, 4) is 5.69 Å². The molecule has 0 spiro atoms. The molecule has 0 amide bonds. The minimum Gasteiger partial charge on any atom is -0.288 e. The highest BCUT2D eigenvalue weighted by atomic mass is 79.9. The van der Waals surface area contributed by atoms with Crippen molar-refractivity contribution in [2.75, 3.05) is 0 Å². The zero-order chi connectivity index (χ0) is 10.8. The van der Waals surface area contributed by atoms with Crippen molar-refractivity contribution in [2.24, 2.45) is 0 Å². The predicted molar refractivity (Wildman–Crippen MR) is 62.3 cm³/mol. The van der Waals surface area contributed by atoms with Crippen LogP contribution in [-0.2, 0) is 0 Å². The maximum absolute atomic E-state index is 11.1. The summed E-state index contributed by atoms with van der Waals surface area (Å²) < 4.78 is 2.68. The van der Waals surface area contributed by atoms with Crippen LogP contribution in [0.4, 0.5) is 0 Å². The number of aryl methyl sites for hydroxylation is 1. The number of nitrogens with zero attached hydrogens (tertiary/aromatic N) is 2. The van der Waals surface area contributed by atoms with Crippen molar-refractivity contribution in [1.29, 1.82) is 0 Å². The lowest BCUT2D eigenvalue weighted by molar-refractivity contribution is 0.796. The van der Waals surface area contributed by atoms with E-state index in [1.165, 1.54) is 6.20 Å². The second-order valence-corrected chi connectivity index (χ2v) is 4.05. The summed E-state index contributed by atoms with van der Waals surface area (Å²) in [6.45, 7) is 1.86. The average molecular weight is 265 g/mol. The smallest absolute Gasteiger partial charge is 0.200 e.